The van der Waals surface area contributed by atoms with Gasteiger partial charge in [-0.05, 0) is 50.2 Å². The number of aromatic nitrogens is 2. The highest BCUT2D eigenvalue weighted by molar-refractivity contribution is 6.35. The molecule has 0 bridgehead atoms. The van der Waals surface area contributed by atoms with E-state index in [0.29, 0.717) is 15.6 Å². The van der Waals surface area contributed by atoms with Crippen LogP contribution < -0.4 is 5.43 Å². The van der Waals surface area contributed by atoms with Crippen molar-refractivity contribution in [3.05, 3.63) is 81.4 Å². The number of hydrazone groups is 1. The number of hydrogen-bond donors (Lipinski definition) is 1. The molecule has 0 aliphatic carbocycles. The summed E-state index contributed by atoms with van der Waals surface area (Å²) >= 11 is 12.3. The van der Waals surface area contributed by atoms with Crippen LogP contribution in [0.15, 0.2) is 53.9 Å². The van der Waals surface area contributed by atoms with Crippen molar-refractivity contribution in [3.63, 3.8) is 0 Å². The molecule has 0 unspecified atom stereocenters. The van der Waals surface area contributed by atoms with Gasteiger partial charge in [-0.25, -0.2) is 5.43 Å². The minimum absolute atomic E-state index is 0.293. The molecular formula is C19H16Cl2N4O. The summed E-state index contributed by atoms with van der Waals surface area (Å²) < 4.78 is 2.02. The lowest BCUT2D eigenvalue weighted by Crippen LogP contribution is -2.17. The van der Waals surface area contributed by atoms with Gasteiger partial charge in [-0.2, -0.15) is 5.10 Å². The molecule has 0 atom stereocenters. The predicted octanol–water partition coefficient (Wildman–Crippen LogP) is 4.56. The molecule has 0 aliphatic rings. The number of carbonyl (C=O) groups is 1. The van der Waals surface area contributed by atoms with Gasteiger partial charge in [0.1, 0.15) is 0 Å². The lowest BCUT2D eigenvalue weighted by molar-refractivity contribution is 0.0955. The third-order valence-corrected chi connectivity index (χ3v) is 4.47. The van der Waals surface area contributed by atoms with E-state index in [1.807, 2.05) is 30.5 Å². The van der Waals surface area contributed by atoms with E-state index in [2.05, 4.69) is 15.5 Å². The minimum Gasteiger partial charge on any atom is -0.316 e. The molecule has 5 nitrogen and oxygen atoms in total. The van der Waals surface area contributed by atoms with E-state index >= 15 is 0 Å². The van der Waals surface area contributed by atoms with E-state index in [9.17, 15) is 4.79 Å². The van der Waals surface area contributed by atoms with Gasteiger partial charge in [0, 0.05) is 39.9 Å². The van der Waals surface area contributed by atoms with Crippen molar-refractivity contribution in [1.82, 2.24) is 15.0 Å². The Kier molecular flexibility index (Phi) is 5.40. The van der Waals surface area contributed by atoms with Crippen LogP contribution >= 0.6 is 23.2 Å². The maximum absolute atomic E-state index is 12.0. The molecule has 0 aliphatic heterocycles. The van der Waals surface area contributed by atoms with Gasteiger partial charge >= 0.3 is 0 Å². The van der Waals surface area contributed by atoms with Crippen LogP contribution in [0.3, 0.4) is 0 Å². The highest BCUT2D eigenvalue weighted by Crippen LogP contribution is 2.28. The van der Waals surface area contributed by atoms with Crippen molar-refractivity contribution in [2.45, 2.75) is 13.8 Å². The lowest BCUT2D eigenvalue weighted by atomic mass is 10.2. The van der Waals surface area contributed by atoms with Crippen LogP contribution in [0.5, 0.6) is 0 Å². The van der Waals surface area contributed by atoms with E-state index in [1.54, 1.807) is 42.9 Å². The average molecular weight is 387 g/mol. The topological polar surface area (TPSA) is 59.3 Å². The fourth-order valence-corrected chi connectivity index (χ4v) is 3.17. The van der Waals surface area contributed by atoms with Gasteiger partial charge in [0.25, 0.3) is 5.91 Å². The van der Waals surface area contributed by atoms with Crippen LogP contribution in [-0.2, 0) is 0 Å². The second kappa shape index (κ2) is 7.72. The Morgan fingerprint density at radius 2 is 1.88 bits per heavy atom. The molecule has 2 heterocycles. The first-order valence-corrected chi connectivity index (χ1v) is 8.61. The number of hydrogen-bond acceptors (Lipinski definition) is 3. The number of amides is 1. The number of rotatable bonds is 4. The Morgan fingerprint density at radius 1 is 1.15 bits per heavy atom. The van der Waals surface area contributed by atoms with Crippen molar-refractivity contribution in [1.29, 1.82) is 0 Å². The quantitative estimate of drug-likeness (QED) is 0.527. The van der Waals surface area contributed by atoms with Crippen LogP contribution in [0, 0.1) is 13.8 Å². The molecule has 2 aromatic heterocycles. The van der Waals surface area contributed by atoms with E-state index in [-0.39, 0.29) is 5.91 Å². The van der Waals surface area contributed by atoms with Crippen molar-refractivity contribution in [2.75, 3.05) is 0 Å². The zero-order valence-corrected chi connectivity index (χ0v) is 15.7. The number of carbonyl (C=O) groups excluding carboxylic acids is 1. The Morgan fingerprint density at radius 3 is 2.58 bits per heavy atom. The maximum atomic E-state index is 12.0. The second-order valence-corrected chi connectivity index (χ2v) is 6.54. The largest absolute Gasteiger partial charge is 0.316 e. The van der Waals surface area contributed by atoms with Crippen molar-refractivity contribution in [2.24, 2.45) is 5.10 Å². The fraction of sp³-hybridized carbons (Fsp3) is 0.105. The summed E-state index contributed by atoms with van der Waals surface area (Å²) in [6.07, 6.45) is 4.73. The summed E-state index contributed by atoms with van der Waals surface area (Å²) in [6.45, 7) is 3.94. The molecule has 1 amide bonds. The Balaban J connectivity index is 1.83. The van der Waals surface area contributed by atoms with E-state index in [4.69, 9.17) is 23.2 Å². The fourth-order valence-electron chi connectivity index (χ4n) is 2.68. The third-order valence-electron chi connectivity index (χ3n) is 3.93. The van der Waals surface area contributed by atoms with Gasteiger partial charge in [-0.1, -0.05) is 23.2 Å². The second-order valence-electron chi connectivity index (χ2n) is 5.69. The summed E-state index contributed by atoms with van der Waals surface area (Å²) in [5.74, 6) is -0.293. The molecule has 0 saturated carbocycles. The summed E-state index contributed by atoms with van der Waals surface area (Å²) in [5, 5.41) is 5.20. The molecule has 1 aromatic carbocycles. The van der Waals surface area contributed by atoms with Crippen LogP contribution in [0.1, 0.15) is 27.3 Å². The first kappa shape index (κ1) is 18.2. The summed E-state index contributed by atoms with van der Waals surface area (Å²) in [6, 6.07) is 10.6. The SMILES string of the molecule is Cc1cc(/C=N\NC(=O)c2ccncc2)c(C)n1-c1ccc(Cl)cc1Cl. The molecule has 3 rings (SSSR count). The van der Waals surface area contributed by atoms with E-state index in [1.165, 1.54) is 0 Å². The van der Waals surface area contributed by atoms with Gasteiger partial charge in [-0.3, -0.25) is 9.78 Å². The molecule has 7 heteroatoms. The smallest absolute Gasteiger partial charge is 0.271 e. The molecule has 132 valence electrons. The minimum atomic E-state index is -0.293. The number of nitrogens with zero attached hydrogens (tertiary/aromatic N) is 3. The van der Waals surface area contributed by atoms with Gasteiger partial charge in [-0.15, -0.1) is 0 Å². The summed E-state index contributed by atoms with van der Waals surface area (Å²) in [7, 11) is 0. The molecule has 1 N–H and O–H groups in total. The molecule has 0 radical (unpaired) electrons. The molecule has 0 saturated heterocycles. The monoisotopic (exact) mass is 386 g/mol. The van der Waals surface area contributed by atoms with Crippen molar-refractivity contribution < 1.29 is 4.79 Å². The standard InChI is InChI=1S/C19H16Cl2N4O/c1-12-9-15(11-23-24-19(26)14-5-7-22-8-6-14)13(2)25(12)18-4-3-16(20)10-17(18)21/h3-11H,1-2H3,(H,24,26)/b23-11-. The first-order valence-electron chi connectivity index (χ1n) is 7.85. The normalized spacial score (nSPS) is 11.1. The number of pyridine rings is 1. The number of aryl methyl sites for hydroxylation is 1. The van der Waals surface area contributed by atoms with E-state index < -0.39 is 0 Å². The molecule has 0 fully saturated rings. The molecule has 26 heavy (non-hydrogen) atoms. The number of nitrogens with one attached hydrogen (secondary N) is 1. The highest BCUT2D eigenvalue weighted by Gasteiger charge is 2.12. The van der Waals surface area contributed by atoms with Crippen molar-refractivity contribution in [3.8, 4) is 5.69 Å². The lowest BCUT2D eigenvalue weighted by Gasteiger charge is -2.11. The molecule has 0 spiro atoms. The Hall–Kier alpha value is -2.63. The molecular weight excluding hydrogens is 371 g/mol. The van der Waals surface area contributed by atoms with Crippen LogP contribution in [0.4, 0.5) is 0 Å². The van der Waals surface area contributed by atoms with Crippen LogP contribution in [0.25, 0.3) is 5.69 Å². The summed E-state index contributed by atoms with van der Waals surface area (Å²) in [4.78, 5) is 15.9. The number of benzene rings is 1. The predicted molar refractivity (Wildman–Crippen MR) is 105 cm³/mol. The van der Waals surface area contributed by atoms with Crippen molar-refractivity contribution >= 4 is 35.3 Å². The summed E-state index contributed by atoms with van der Waals surface area (Å²) in [5.41, 5.74) is 6.67. The Bertz CT molecular complexity index is 981. The Labute approximate surface area is 161 Å². The highest BCUT2D eigenvalue weighted by atomic mass is 35.5. The zero-order chi connectivity index (χ0) is 18.7. The molecule has 3 aromatic rings. The number of halogens is 2. The van der Waals surface area contributed by atoms with Crippen LogP contribution in [-0.4, -0.2) is 21.7 Å². The van der Waals surface area contributed by atoms with Gasteiger partial charge in [0.05, 0.1) is 16.9 Å². The van der Waals surface area contributed by atoms with Crippen LogP contribution in [0.2, 0.25) is 10.0 Å². The van der Waals surface area contributed by atoms with Gasteiger partial charge < -0.3 is 4.57 Å². The first-order chi connectivity index (χ1) is 12.5. The third kappa shape index (κ3) is 3.79. The van der Waals surface area contributed by atoms with Gasteiger partial charge in [0.15, 0.2) is 0 Å². The zero-order valence-electron chi connectivity index (χ0n) is 14.2. The van der Waals surface area contributed by atoms with E-state index in [0.717, 1.165) is 22.6 Å². The maximum Gasteiger partial charge on any atom is 0.271 e. The van der Waals surface area contributed by atoms with Gasteiger partial charge in [0.2, 0.25) is 0 Å². The average Bonchev–Trinajstić information content (AvgIpc) is 2.90.